The molecule has 3 atom stereocenters. The lowest BCUT2D eigenvalue weighted by Crippen LogP contribution is -2.41. The molecule has 1 fully saturated rings. The number of carbonyl (C=O) groups is 3. The molecule has 0 unspecified atom stereocenters. The predicted octanol–water partition coefficient (Wildman–Crippen LogP) is 7.16. The number of hydrogen-bond donors (Lipinski definition) is 3. The van der Waals surface area contributed by atoms with Crippen molar-refractivity contribution in [2.45, 2.75) is 36.0 Å². The third kappa shape index (κ3) is 8.39. The van der Waals surface area contributed by atoms with Crippen molar-refractivity contribution in [1.29, 1.82) is 5.26 Å². The quantitative estimate of drug-likeness (QED) is 0.183. The average molecular weight is 754 g/mol. The van der Waals surface area contributed by atoms with Crippen molar-refractivity contribution in [2.75, 3.05) is 0 Å². The van der Waals surface area contributed by atoms with E-state index < -0.39 is 46.2 Å². The molecule has 52 heavy (non-hydrogen) atoms. The number of amidine groups is 1. The second-order valence-corrected chi connectivity index (χ2v) is 12.7. The average Bonchev–Trinajstić information content (AvgIpc) is 3.67. The molecule has 6 rings (SSSR count). The number of carboxylic acids is 2. The van der Waals surface area contributed by atoms with E-state index >= 15 is 4.39 Å². The Kier molecular flexibility index (Phi) is 10.8. The number of nitriles is 1. The van der Waals surface area contributed by atoms with Crippen molar-refractivity contribution < 1.29 is 59.7 Å². The Morgan fingerprint density at radius 3 is 2.04 bits per heavy atom. The molecule has 4 aromatic rings. The number of halogens is 8. The maximum absolute atomic E-state index is 15.3. The first-order chi connectivity index (χ1) is 24.1. The topological polar surface area (TPSA) is 172 Å². The fraction of sp³-hybridized carbons (Fsp3) is 0.212. The molecule has 0 saturated heterocycles. The first-order valence-corrected chi connectivity index (χ1v) is 15.2. The van der Waals surface area contributed by atoms with Crippen molar-refractivity contribution in [3.05, 3.63) is 101 Å². The lowest BCUT2D eigenvalue weighted by atomic mass is 9.84. The van der Waals surface area contributed by atoms with Crippen LogP contribution in [0.2, 0.25) is 0 Å². The van der Waals surface area contributed by atoms with E-state index in [0.29, 0.717) is 17.5 Å². The lowest BCUT2D eigenvalue weighted by molar-refractivity contribution is -0.193. The van der Waals surface area contributed by atoms with Crippen LogP contribution >= 0.6 is 11.8 Å². The summed E-state index contributed by atoms with van der Waals surface area (Å²) in [6.45, 7) is 1.77. The Balaban J connectivity index is 0.000000367. The van der Waals surface area contributed by atoms with E-state index in [1.807, 2.05) is 30.3 Å². The molecule has 0 spiro atoms. The van der Waals surface area contributed by atoms with Crippen LogP contribution < -0.4 is 5.73 Å². The Morgan fingerprint density at radius 2 is 1.56 bits per heavy atom. The zero-order chi connectivity index (χ0) is 38.8. The van der Waals surface area contributed by atoms with Gasteiger partial charge >= 0.3 is 24.3 Å². The standard InChI is InChI=1S/C29H21F2N5OS.2C2HF3O2/c1-28(21-10-17(6-8-22(21)30)11-23(31)24-9-7-18(13-32)14-34-24)25-12-29(25,38-27(33)35-28)26(37)36-15-19-4-2-3-5-20(19)16-36;2*3-2(4,5)1(6)7/h2-11,14-16,25H,12H2,1H3,(H2,33,35);2*(H,6,7)/b23-11-;;/t25-,28+,29-;;/m0../s1. The summed E-state index contributed by atoms with van der Waals surface area (Å²) in [5.74, 6) is -7.08. The van der Waals surface area contributed by atoms with Crippen LogP contribution in [0.25, 0.3) is 22.7 Å². The first-order valence-electron chi connectivity index (χ1n) is 14.4. The molecule has 2 aromatic carbocycles. The van der Waals surface area contributed by atoms with Crippen LogP contribution in [0.1, 0.15) is 40.5 Å². The van der Waals surface area contributed by atoms with Crippen LogP contribution in [0.4, 0.5) is 35.1 Å². The van der Waals surface area contributed by atoms with Gasteiger partial charge in [-0.05, 0) is 60.0 Å². The highest BCUT2D eigenvalue weighted by Gasteiger charge is 2.71. The fourth-order valence-corrected chi connectivity index (χ4v) is 6.74. The third-order valence-corrected chi connectivity index (χ3v) is 9.11. The zero-order valence-electron chi connectivity index (χ0n) is 26.2. The molecule has 272 valence electrons. The highest BCUT2D eigenvalue weighted by atomic mass is 32.2. The molecular weight excluding hydrogens is 730 g/mol. The zero-order valence-corrected chi connectivity index (χ0v) is 27.0. The number of nitrogens with zero attached hydrogens (tertiary/aromatic N) is 4. The maximum atomic E-state index is 15.3. The van der Waals surface area contributed by atoms with E-state index in [1.54, 1.807) is 30.0 Å². The van der Waals surface area contributed by atoms with E-state index in [-0.39, 0.29) is 28.3 Å². The Bertz CT molecular complexity index is 2090. The molecule has 19 heteroatoms. The maximum Gasteiger partial charge on any atom is 0.490 e. The molecule has 4 N–H and O–H groups in total. The highest BCUT2D eigenvalue weighted by Crippen LogP contribution is 2.66. The van der Waals surface area contributed by atoms with Gasteiger partial charge in [-0.15, -0.1) is 0 Å². The number of aliphatic carboxylic acids is 2. The number of pyridine rings is 1. The van der Waals surface area contributed by atoms with E-state index in [0.717, 1.165) is 10.8 Å². The summed E-state index contributed by atoms with van der Waals surface area (Å²) < 4.78 is 94.4. The van der Waals surface area contributed by atoms with Crippen molar-refractivity contribution in [2.24, 2.45) is 16.6 Å². The van der Waals surface area contributed by atoms with Crippen molar-refractivity contribution in [1.82, 2.24) is 9.55 Å². The van der Waals surface area contributed by atoms with Gasteiger partial charge in [-0.25, -0.2) is 18.4 Å². The number of aliphatic imine (C=N–C) groups is 1. The van der Waals surface area contributed by atoms with Gasteiger partial charge in [0.05, 0.1) is 16.8 Å². The minimum absolute atomic E-state index is 0.0586. The van der Waals surface area contributed by atoms with Crippen LogP contribution in [0.5, 0.6) is 0 Å². The summed E-state index contributed by atoms with van der Waals surface area (Å²) in [7, 11) is 0. The lowest BCUT2D eigenvalue weighted by Gasteiger charge is -2.33. The molecule has 2 aromatic heterocycles. The molecule has 10 nitrogen and oxygen atoms in total. The molecule has 2 aliphatic rings. The van der Waals surface area contributed by atoms with Crippen molar-refractivity contribution >= 4 is 57.5 Å². The van der Waals surface area contributed by atoms with Crippen LogP contribution in [0, 0.1) is 23.1 Å². The van der Waals surface area contributed by atoms with E-state index in [1.165, 1.54) is 48.3 Å². The first kappa shape index (κ1) is 39.0. The van der Waals surface area contributed by atoms with Gasteiger partial charge < -0.3 is 15.9 Å². The largest absolute Gasteiger partial charge is 0.490 e. The van der Waals surface area contributed by atoms with Gasteiger partial charge in [-0.1, -0.05) is 42.1 Å². The summed E-state index contributed by atoms with van der Waals surface area (Å²) in [4.78, 5) is 40.1. The summed E-state index contributed by atoms with van der Waals surface area (Å²) in [5, 5.41) is 25.3. The SMILES string of the molecule is C[C@]1(c2cc(/C=C(\F)c3ccc(C#N)cn3)ccc2F)N=C(N)S[C@@]2(C(=O)n3cc4ccccc4c3)C[C@H]21.O=C(O)C(F)(F)F.O=C(O)C(F)(F)F. The normalized spacial score (nSPS) is 20.9. The van der Waals surface area contributed by atoms with Gasteiger partial charge in [0, 0.05) is 30.1 Å². The molecule has 0 radical (unpaired) electrons. The molecule has 1 aliphatic carbocycles. The van der Waals surface area contributed by atoms with Gasteiger partial charge in [0.2, 0.25) is 5.91 Å². The van der Waals surface area contributed by atoms with Gasteiger partial charge in [0.25, 0.3) is 0 Å². The number of carboxylic acid groups (broad SMARTS) is 2. The monoisotopic (exact) mass is 753 g/mol. The summed E-state index contributed by atoms with van der Waals surface area (Å²) in [6, 6.07) is 16.8. The Hall–Kier alpha value is -5.77. The minimum Gasteiger partial charge on any atom is -0.475 e. The number of fused-ring (bicyclic) bond motifs is 2. The predicted molar refractivity (Wildman–Crippen MR) is 172 cm³/mol. The van der Waals surface area contributed by atoms with Crippen LogP contribution in [0.15, 0.2) is 78.2 Å². The van der Waals surface area contributed by atoms with Crippen LogP contribution in [-0.2, 0) is 15.1 Å². The number of thioether (sulfide) groups is 1. The second kappa shape index (κ2) is 14.5. The molecule has 1 saturated carbocycles. The Morgan fingerprint density at radius 1 is 1.00 bits per heavy atom. The van der Waals surface area contributed by atoms with Gasteiger partial charge in [-0.2, -0.15) is 31.6 Å². The number of rotatable bonds is 4. The number of nitrogens with two attached hydrogens (primary N) is 1. The van der Waals surface area contributed by atoms with Crippen molar-refractivity contribution in [3.8, 4) is 6.07 Å². The number of hydrogen-bond acceptors (Lipinski definition) is 8. The smallest absolute Gasteiger partial charge is 0.475 e. The van der Waals surface area contributed by atoms with Crippen LogP contribution in [-0.4, -0.2) is 59.9 Å². The van der Waals surface area contributed by atoms with Gasteiger partial charge in [0.15, 0.2) is 5.17 Å². The summed E-state index contributed by atoms with van der Waals surface area (Å²) in [5.41, 5.74) is 6.15. The Labute approximate surface area is 291 Å². The van der Waals surface area contributed by atoms with Gasteiger partial charge in [0.1, 0.15) is 22.5 Å². The molecular formula is C33H23F8N5O5S. The second-order valence-electron chi connectivity index (χ2n) is 11.3. The molecule has 0 bridgehead atoms. The molecule has 3 heterocycles. The highest BCUT2D eigenvalue weighted by molar-refractivity contribution is 8.15. The van der Waals surface area contributed by atoms with Gasteiger partial charge in [-0.3, -0.25) is 19.3 Å². The van der Waals surface area contributed by atoms with Crippen molar-refractivity contribution in [3.63, 3.8) is 0 Å². The summed E-state index contributed by atoms with van der Waals surface area (Å²) >= 11 is 1.23. The van der Waals surface area contributed by atoms with E-state index in [9.17, 15) is 35.5 Å². The van der Waals surface area contributed by atoms with E-state index in [2.05, 4.69) is 9.98 Å². The molecule has 1 aliphatic heterocycles. The number of aromatic nitrogens is 2. The minimum atomic E-state index is -5.08. The van der Waals surface area contributed by atoms with E-state index in [4.69, 9.17) is 30.8 Å². The number of carbonyl (C=O) groups excluding carboxylic acids is 1. The van der Waals surface area contributed by atoms with Crippen LogP contribution in [0.3, 0.4) is 0 Å². The third-order valence-electron chi connectivity index (χ3n) is 7.82. The molecule has 0 amide bonds. The summed E-state index contributed by atoms with van der Waals surface area (Å²) in [6.07, 6.45) is -3.55. The number of benzene rings is 2. The fourth-order valence-electron chi connectivity index (χ4n) is 5.31. The number of alkyl halides is 6.